The zero-order valence-corrected chi connectivity index (χ0v) is 23.0. The number of nitrogens with two attached hydrogens (primary N) is 1. The Hall–Kier alpha value is -3.26. The average molecular weight is 544 g/mol. The highest BCUT2D eigenvalue weighted by molar-refractivity contribution is 6.34. The minimum absolute atomic E-state index is 0.153. The number of fused-ring (bicyclic) bond motifs is 2. The third-order valence-corrected chi connectivity index (χ3v) is 9.35. The molecule has 0 bridgehead atoms. The summed E-state index contributed by atoms with van der Waals surface area (Å²) in [6, 6.07) is 14.4. The lowest BCUT2D eigenvalue weighted by atomic mass is 9.84. The lowest BCUT2D eigenvalue weighted by Crippen LogP contribution is -2.52. The van der Waals surface area contributed by atoms with Gasteiger partial charge in [0.2, 0.25) is 5.91 Å². The number of aliphatic hydroxyl groups excluding tert-OH is 1. The molecule has 2 aliphatic rings. The first-order valence-electron chi connectivity index (χ1n) is 13.9. The highest BCUT2D eigenvalue weighted by Gasteiger charge is 2.41. The Balaban J connectivity index is 1.31. The van der Waals surface area contributed by atoms with Crippen LogP contribution < -0.4 is 5.73 Å². The SMILES string of the molecule is CCC1(N2CCC[C@H]2CO)CCc2ccc(-c3cnc4[nH]nc(-c5ccc(C(N)=O)c(Cl)c5)c4c3)cc2CC1. The van der Waals surface area contributed by atoms with Crippen molar-refractivity contribution in [3.8, 4) is 22.4 Å². The van der Waals surface area contributed by atoms with Crippen molar-refractivity contribution < 1.29 is 9.90 Å². The van der Waals surface area contributed by atoms with Crippen molar-refractivity contribution in [1.82, 2.24) is 20.1 Å². The van der Waals surface area contributed by atoms with Gasteiger partial charge in [-0.15, -0.1) is 0 Å². The molecule has 7 nitrogen and oxygen atoms in total. The van der Waals surface area contributed by atoms with Crippen LogP contribution in [-0.2, 0) is 12.8 Å². The molecule has 1 aliphatic heterocycles. The van der Waals surface area contributed by atoms with Gasteiger partial charge in [0.05, 0.1) is 17.2 Å². The van der Waals surface area contributed by atoms with Gasteiger partial charge in [-0.1, -0.05) is 42.8 Å². The number of aryl methyl sites for hydroxylation is 2. The third kappa shape index (κ3) is 4.62. The summed E-state index contributed by atoms with van der Waals surface area (Å²) in [5.74, 6) is -0.560. The van der Waals surface area contributed by atoms with E-state index in [4.69, 9.17) is 17.3 Å². The van der Waals surface area contributed by atoms with Gasteiger partial charge in [0.25, 0.3) is 0 Å². The zero-order valence-electron chi connectivity index (χ0n) is 22.2. The van der Waals surface area contributed by atoms with Crippen LogP contribution in [0.5, 0.6) is 0 Å². The summed E-state index contributed by atoms with van der Waals surface area (Å²) in [6.45, 7) is 3.66. The molecule has 202 valence electrons. The van der Waals surface area contributed by atoms with E-state index in [0.717, 1.165) is 72.8 Å². The lowest BCUT2D eigenvalue weighted by Gasteiger charge is -2.44. The van der Waals surface area contributed by atoms with Gasteiger partial charge in [0.1, 0.15) is 5.69 Å². The molecular weight excluding hydrogens is 510 g/mol. The molecule has 0 saturated carbocycles. The Morgan fingerprint density at radius 3 is 2.67 bits per heavy atom. The lowest BCUT2D eigenvalue weighted by molar-refractivity contribution is 0.0310. The monoisotopic (exact) mass is 543 g/mol. The van der Waals surface area contributed by atoms with Crippen molar-refractivity contribution in [3.05, 3.63) is 70.4 Å². The average Bonchev–Trinajstić information content (AvgIpc) is 3.56. The van der Waals surface area contributed by atoms with E-state index in [0.29, 0.717) is 16.7 Å². The largest absolute Gasteiger partial charge is 0.395 e. The summed E-state index contributed by atoms with van der Waals surface area (Å²) in [5.41, 5.74) is 13.1. The minimum Gasteiger partial charge on any atom is -0.395 e. The molecule has 4 N–H and O–H groups in total. The van der Waals surface area contributed by atoms with Crippen LogP contribution in [0.4, 0.5) is 0 Å². The number of pyridine rings is 1. The van der Waals surface area contributed by atoms with Gasteiger partial charge in [-0.2, -0.15) is 5.10 Å². The van der Waals surface area contributed by atoms with E-state index in [1.807, 2.05) is 6.20 Å². The fourth-order valence-electron chi connectivity index (χ4n) is 6.78. The number of rotatable bonds is 6. The molecule has 1 fully saturated rings. The Kier molecular flexibility index (Phi) is 6.91. The number of carbonyl (C=O) groups excluding carboxylic acids is 1. The summed E-state index contributed by atoms with van der Waals surface area (Å²) in [5, 5.41) is 18.7. The zero-order chi connectivity index (χ0) is 27.1. The number of primary amides is 1. The Bertz CT molecular complexity index is 1550. The molecule has 4 aromatic rings. The molecule has 1 saturated heterocycles. The molecule has 0 radical (unpaired) electrons. The second-order valence-corrected chi connectivity index (χ2v) is 11.4. The summed E-state index contributed by atoms with van der Waals surface area (Å²) in [6.07, 6.45) is 9.61. The summed E-state index contributed by atoms with van der Waals surface area (Å²) in [7, 11) is 0. The van der Waals surface area contributed by atoms with Crippen LogP contribution in [0.15, 0.2) is 48.7 Å². The van der Waals surface area contributed by atoms with Crippen LogP contribution in [0.25, 0.3) is 33.4 Å². The fourth-order valence-corrected chi connectivity index (χ4v) is 7.05. The Morgan fingerprint density at radius 2 is 1.92 bits per heavy atom. The van der Waals surface area contributed by atoms with Crippen LogP contribution in [0.1, 0.15) is 60.5 Å². The van der Waals surface area contributed by atoms with E-state index in [1.54, 1.807) is 18.2 Å². The van der Waals surface area contributed by atoms with Crippen LogP contribution in [0, 0.1) is 0 Å². The summed E-state index contributed by atoms with van der Waals surface area (Å²) >= 11 is 6.32. The van der Waals surface area contributed by atoms with E-state index in [2.05, 4.69) is 51.3 Å². The first kappa shape index (κ1) is 26.0. The number of hydrogen-bond acceptors (Lipinski definition) is 5. The van der Waals surface area contributed by atoms with E-state index >= 15 is 0 Å². The quantitative estimate of drug-likeness (QED) is 0.277. The fraction of sp³-hybridized carbons (Fsp3) is 0.387. The molecule has 1 aliphatic carbocycles. The topological polar surface area (TPSA) is 108 Å². The molecular formula is C31H34ClN5O2. The predicted octanol–water partition coefficient (Wildman–Crippen LogP) is 5.53. The Morgan fingerprint density at radius 1 is 1.13 bits per heavy atom. The molecule has 6 rings (SSSR count). The van der Waals surface area contributed by atoms with Crippen LogP contribution in [0.2, 0.25) is 5.02 Å². The first-order valence-corrected chi connectivity index (χ1v) is 14.2. The van der Waals surface area contributed by atoms with Gasteiger partial charge in [-0.05, 0) is 86.4 Å². The Labute approximate surface area is 233 Å². The van der Waals surface area contributed by atoms with Crippen molar-refractivity contribution in [3.63, 3.8) is 0 Å². The molecule has 3 heterocycles. The number of halogens is 1. The standard InChI is InChI=1S/C31H34ClN5O2/c1-2-31(37-13-3-4-24(37)18-38)11-9-19-5-6-20(14-21(19)10-12-31)23-15-26-28(35-36-30(26)34-17-23)22-7-8-25(29(33)39)27(32)16-22/h5-8,14-17,24,38H,2-4,9-13,18H2,1H3,(H2,33,39)(H,34,35,36)/t24-,31?/m0/s1. The van der Waals surface area contributed by atoms with Crippen molar-refractivity contribution in [2.45, 2.75) is 63.5 Å². The highest BCUT2D eigenvalue weighted by Crippen LogP contribution is 2.40. The van der Waals surface area contributed by atoms with Gasteiger partial charge >= 0.3 is 0 Å². The number of aliphatic hydroxyl groups is 1. The van der Waals surface area contributed by atoms with Crippen LogP contribution in [0.3, 0.4) is 0 Å². The van der Waals surface area contributed by atoms with Gasteiger partial charge < -0.3 is 10.8 Å². The maximum atomic E-state index is 11.6. The number of aromatic amines is 1. The van der Waals surface area contributed by atoms with Crippen molar-refractivity contribution in [2.75, 3.05) is 13.2 Å². The maximum Gasteiger partial charge on any atom is 0.250 e. The number of amides is 1. The van der Waals surface area contributed by atoms with Crippen LogP contribution in [-0.4, -0.2) is 55.8 Å². The van der Waals surface area contributed by atoms with E-state index in [1.165, 1.54) is 17.5 Å². The minimum atomic E-state index is -0.560. The number of H-pyrrole nitrogens is 1. The van der Waals surface area contributed by atoms with Crippen LogP contribution >= 0.6 is 11.6 Å². The molecule has 39 heavy (non-hydrogen) atoms. The smallest absolute Gasteiger partial charge is 0.250 e. The van der Waals surface area contributed by atoms with Gasteiger partial charge in [0.15, 0.2) is 5.65 Å². The third-order valence-electron chi connectivity index (χ3n) is 9.04. The molecule has 0 spiro atoms. The van der Waals surface area contributed by atoms with Gasteiger partial charge in [0, 0.05) is 34.3 Å². The number of likely N-dealkylation sites (tertiary alicyclic amines) is 1. The number of nitrogens with zero attached hydrogens (tertiary/aromatic N) is 3. The number of carbonyl (C=O) groups is 1. The highest BCUT2D eigenvalue weighted by atomic mass is 35.5. The summed E-state index contributed by atoms with van der Waals surface area (Å²) < 4.78 is 0. The second-order valence-electron chi connectivity index (χ2n) is 11.0. The number of hydrogen-bond donors (Lipinski definition) is 3. The van der Waals surface area contributed by atoms with Crippen molar-refractivity contribution in [2.24, 2.45) is 5.73 Å². The van der Waals surface area contributed by atoms with Crippen molar-refractivity contribution >= 4 is 28.5 Å². The second kappa shape index (κ2) is 10.4. The number of benzene rings is 2. The molecule has 1 unspecified atom stereocenters. The number of aromatic nitrogens is 3. The maximum absolute atomic E-state index is 11.6. The van der Waals surface area contributed by atoms with Gasteiger partial charge in [-0.25, -0.2) is 4.98 Å². The molecule has 8 heteroatoms. The number of nitrogens with one attached hydrogen (secondary N) is 1. The van der Waals surface area contributed by atoms with Crippen molar-refractivity contribution in [1.29, 1.82) is 0 Å². The molecule has 2 aromatic carbocycles. The van der Waals surface area contributed by atoms with E-state index in [9.17, 15) is 9.90 Å². The normalized spacial score (nSPS) is 21.7. The van der Waals surface area contributed by atoms with E-state index < -0.39 is 5.91 Å². The van der Waals surface area contributed by atoms with Gasteiger partial charge in [-0.3, -0.25) is 14.8 Å². The predicted molar refractivity (Wildman–Crippen MR) is 155 cm³/mol. The first-order chi connectivity index (χ1) is 18.9. The summed E-state index contributed by atoms with van der Waals surface area (Å²) in [4.78, 5) is 18.9. The molecule has 1 amide bonds. The molecule has 2 atom stereocenters. The molecule has 2 aromatic heterocycles. The van der Waals surface area contributed by atoms with E-state index in [-0.39, 0.29) is 17.7 Å².